The van der Waals surface area contributed by atoms with Crippen LogP contribution in [0.25, 0.3) is 55.4 Å². The van der Waals surface area contributed by atoms with Gasteiger partial charge in [-0.2, -0.15) is 10.2 Å². The minimum Gasteiger partial charge on any atom is -0.301 e. The van der Waals surface area contributed by atoms with Gasteiger partial charge in [0, 0.05) is 65.3 Å². The summed E-state index contributed by atoms with van der Waals surface area (Å²) in [6, 6.07) is 30.4. The number of pyridine rings is 2. The molecule has 11 heteroatoms. The van der Waals surface area contributed by atoms with Gasteiger partial charge in [-0.25, -0.2) is 4.39 Å². The zero-order chi connectivity index (χ0) is 42.7. The Morgan fingerprint density at radius 3 is 1.42 bits per heavy atom. The van der Waals surface area contributed by atoms with Gasteiger partial charge in [-0.1, -0.05) is 50.7 Å². The molecule has 64 heavy (non-hydrogen) atoms. The van der Waals surface area contributed by atoms with Gasteiger partial charge in [-0.3, -0.25) is 28.1 Å². The fraction of sp³-hybridized carbons (Fsp3) is 0.321. The van der Waals surface area contributed by atoms with E-state index in [0.717, 1.165) is 76.1 Å². The molecular weight excluding hydrogens is 800 g/mol. The van der Waals surface area contributed by atoms with Crippen molar-refractivity contribution in [1.82, 2.24) is 38.5 Å². The normalized spacial score (nSPS) is 14.1. The maximum absolute atomic E-state index is 14.3. The number of aromatic nitrogens is 6. The molecule has 0 unspecified atom stereocenters. The Hall–Kier alpha value is -6.43. The molecule has 0 bridgehead atoms. The largest absolute Gasteiger partial charge is 0.301 e. The van der Waals surface area contributed by atoms with E-state index in [0.29, 0.717) is 11.1 Å². The number of halogens is 1. The summed E-state index contributed by atoms with van der Waals surface area (Å²) < 4.78 is 21.7. The number of nitrogens with zero attached hydrogens (tertiary/aromatic N) is 8. The first kappa shape index (κ1) is 45.6. The topological polar surface area (TPSA) is 86.1 Å². The van der Waals surface area contributed by atoms with E-state index in [1.54, 1.807) is 33.5 Å². The van der Waals surface area contributed by atoms with E-state index in [1.165, 1.54) is 75.1 Å². The molecule has 2 fully saturated rings. The number of benzene rings is 4. The SMILES string of the molecule is C.C.Cc1ccc(-c2ccn(-c3ccc4c(cnn4CCN4CCCC4)c3)c(=O)c2)c(C)c1.Cc1ccc(-c2ccn(-c3ccc4c(cnn4CCN4CCCC4)c3)c(=O)c2)c(F)c1. The molecule has 0 saturated carbocycles. The second-order valence-electron chi connectivity index (χ2n) is 16.9. The number of hydrogen-bond donors (Lipinski definition) is 0. The maximum Gasteiger partial charge on any atom is 0.255 e. The number of likely N-dealkylation sites (tertiary alicyclic amines) is 2. The lowest BCUT2D eigenvalue weighted by molar-refractivity contribution is 0.318. The smallest absolute Gasteiger partial charge is 0.255 e. The van der Waals surface area contributed by atoms with Crippen LogP contribution >= 0.6 is 0 Å². The molecule has 0 amide bonds. The monoisotopic (exact) mass is 860 g/mol. The summed E-state index contributed by atoms with van der Waals surface area (Å²) in [6.45, 7) is 14.6. The van der Waals surface area contributed by atoms with Crippen LogP contribution in [-0.4, -0.2) is 77.8 Å². The Morgan fingerprint density at radius 2 is 0.969 bits per heavy atom. The van der Waals surface area contributed by atoms with Crippen molar-refractivity contribution in [3.8, 4) is 33.6 Å². The molecule has 0 N–H and O–H groups in total. The average Bonchev–Trinajstić information content (AvgIpc) is 4.11. The summed E-state index contributed by atoms with van der Waals surface area (Å²) in [7, 11) is 0. The van der Waals surface area contributed by atoms with E-state index in [4.69, 9.17) is 0 Å². The Bertz CT molecular complexity index is 2800. The number of hydrogen-bond acceptors (Lipinski definition) is 6. The van der Waals surface area contributed by atoms with Gasteiger partial charge in [0.25, 0.3) is 11.1 Å². The standard InChI is InChI=1S/C26H28N4O.C25H25FN4O.2CH4/c1-19-5-7-24(20(2)15-19)21-9-12-29(26(31)17-21)23-6-8-25-22(16-23)18-27-30(25)14-13-28-10-3-4-11-28;1-18-4-6-22(23(26)14-18)19-8-11-29(25(31)16-19)21-5-7-24-20(15-21)17-27-30(24)13-12-28-9-2-3-10-28;;/h5-9,12,15-18H,3-4,10-11,13-14H2,1-2H3;4-8,11,14-17H,2-3,9-10,12-13H2,1H3;2*1H4. The van der Waals surface area contributed by atoms with Crippen molar-refractivity contribution in [2.45, 2.75) is 74.4 Å². The second-order valence-corrected chi connectivity index (χ2v) is 16.9. The molecule has 2 aliphatic rings. The quantitative estimate of drug-likeness (QED) is 0.136. The lowest BCUT2D eigenvalue weighted by Crippen LogP contribution is -2.24. The summed E-state index contributed by atoms with van der Waals surface area (Å²) in [4.78, 5) is 30.7. The molecule has 4 aromatic carbocycles. The van der Waals surface area contributed by atoms with Crippen LogP contribution in [0, 0.1) is 26.6 Å². The van der Waals surface area contributed by atoms with E-state index < -0.39 is 0 Å². The average molecular weight is 861 g/mol. The van der Waals surface area contributed by atoms with E-state index in [1.807, 2.05) is 72.7 Å². The Labute approximate surface area is 375 Å². The van der Waals surface area contributed by atoms with Crippen LogP contribution in [0.15, 0.2) is 131 Å². The van der Waals surface area contributed by atoms with Crippen molar-refractivity contribution in [3.05, 3.63) is 165 Å². The summed E-state index contributed by atoms with van der Waals surface area (Å²) in [6.07, 6.45) is 12.5. The maximum atomic E-state index is 14.3. The fourth-order valence-electron chi connectivity index (χ4n) is 9.00. The van der Waals surface area contributed by atoms with Gasteiger partial charge in [0.2, 0.25) is 0 Å². The highest BCUT2D eigenvalue weighted by atomic mass is 19.1. The molecular formula is C53H61FN8O2. The Balaban J connectivity index is 0.000000186. The van der Waals surface area contributed by atoms with Crippen molar-refractivity contribution in [2.24, 2.45) is 0 Å². The van der Waals surface area contributed by atoms with Crippen molar-refractivity contribution >= 4 is 21.8 Å². The van der Waals surface area contributed by atoms with E-state index >= 15 is 0 Å². The lowest BCUT2D eigenvalue weighted by Gasteiger charge is -2.14. The molecule has 0 aliphatic carbocycles. The Kier molecular flexibility index (Phi) is 14.2. The van der Waals surface area contributed by atoms with Gasteiger partial charge >= 0.3 is 0 Å². The molecule has 6 heterocycles. The molecule has 0 spiro atoms. The van der Waals surface area contributed by atoms with Gasteiger partial charge in [-0.15, -0.1) is 0 Å². The highest BCUT2D eigenvalue weighted by molar-refractivity contribution is 5.82. The third kappa shape index (κ3) is 9.86. The zero-order valence-electron chi connectivity index (χ0n) is 35.8. The van der Waals surface area contributed by atoms with Crippen LogP contribution in [0.5, 0.6) is 0 Å². The molecule has 0 atom stereocenters. The zero-order valence-corrected chi connectivity index (χ0v) is 35.8. The van der Waals surface area contributed by atoms with Crippen LogP contribution in [0.1, 0.15) is 57.2 Å². The van der Waals surface area contributed by atoms with Crippen molar-refractivity contribution in [1.29, 1.82) is 0 Å². The van der Waals surface area contributed by atoms with E-state index in [2.05, 4.69) is 62.8 Å². The predicted molar refractivity (Wildman–Crippen MR) is 261 cm³/mol. The lowest BCUT2D eigenvalue weighted by atomic mass is 10.00. The van der Waals surface area contributed by atoms with E-state index in [9.17, 15) is 14.0 Å². The molecule has 332 valence electrons. The fourth-order valence-corrected chi connectivity index (χ4v) is 9.00. The molecule has 0 radical (unpaired) electrons. The van der Waals surface area contributed by atoms with E-state index in [-0.39, 0.29) is 31.8 Å². The van der Waals surface area contributed by atoms with Gasteiger partial charge in [-0.05, 0) is 155 Å². The van der Waals surface area contributed by atoms with Crippen LogP contribution < -0.4 is 11.1 Å². The first-order valence-corrected chi connectivity index (χ1v) is 21.8. The first-order valence-electron chi connectivity index (χ1n) is 21.8. The van der Waals surface area contributed by atoms with Gasteiger partial charge in [0.15, 0.2) is 0 Å². The van der Waals surface area contributed by atoms with Gasteiger partial charge in [0.1, 0.15) is 5.82 Å². The van der Waals surface area contributed by atoms with Crippen molar-refractivity contribution in [2.75, 3.05) is 39.3 Å². The molecule has 2 saturated heterocycles. The minimum absolute atomic E-state index is 0. The summed E-state index contributed by atoms with van der Waals surface area (Å²) in [5.74, 6) is -0.320. The van der Waals surface area contributed by atoms with Crippen LogP contribution in [0.3, 0.4) is 0 Å². The highest BCUT2D eigenvalue weighted by Crippen LogP contribution is 2.26. The third-order valence-corrected chi connectivity index (χ3v) is 12.4. The molecule has 4 aromatic heterocycles. The Morgan fingerprint density at radius 1 is 0.516 bits per heavy atom. The van der Waals surface area contributed by atoms with Gasteiger partial charge < -0.3 is 9.80 Å². The van der Waals surface area contributed by atoms with Crippen LogP contribution in [0.4, 0.5) is 4.39 Å². The first-order chi connectivity index (χ1) is 30.2. The van der Waals surface area contributed by atoms with Crippen LogP contribution in [-0.2, 0) is 13.1 Å². The van der Waals surface area contributed by atoms with Crippen LogP contribution in [0.2, 0.25) is 0 Å². The summed E-state index contributed by atoms with van der Waals surface area (Å²) in [5, 5.41) is 11.2. The predicted octanol–water partition coefficient (Wildman–Crippen LogP) is 10.2. The van der Waals surface area contributed by atoms with Gasteiger partial charge in [0.05, 0.1) is 36.5 Å². The molecule has 8 aromatic rings. The summed E-state index contributed by atoms with van der Waals surface area (Å²) in [5.41, 5.74) is 9.91. The second kappa shape index (κ2) is 20.0. The van der Waals surface area contributed by atoms with Crippen molar-refractivity contribution < 1.29 is 4.39 Å². The molecule has 10 rings (SSSR count). The summed E-state index contributed by atoms with van der Waals surface area (Å²) >= 11 is 0. The third-order valence-electron chi connectivity index (χ3n) is 12.4. The number of rotatable bonds is 10. The number of aryl methyl sites for hydroxylation is 3. The molecule has 2 aliphatic heterocycles. The molecule has 10 nitrogen and oxygen atoms in total. The minimum atomic E-state index is -0.320. The van der Waals surface area contributed by atoms with Crippen molar-refractivity contribution in [3.63, 3.8) is 0 Å². The highest BCUT2D eigenvalue weighted by Gasteiger charge is 2.15. The number of fused-ring (bicyclic) bond motifs is 2.